The molecule has 2 saturated carbocycles. The maximum atomic E-state index is 2.81. The van der Waals surface area contributed by atoms with Crippen LogP contribution in [0.4, 0.5) is 0 Å². The van der Waals surface area contributed by atoms with E-state index in [4.69, 9.17) is 0 Å². The standard InChI is InChI=1S/2C28H23.C2H4.2ClH.Hf/c2*1-2-9-19(8-1)23-17-22-12-7-15-26(27(22)18-23)28-24-13-5-3-10-20(24)16-21-11-4-6-14-25(21)28;1-2;;;/h2*3-7,10-19H,1-2,8-9H2;1-2H2;2*1H;/q;;;;;+2/p-2. The van der Waals surface area contributed by atoms with E-state index in [0.717, 1.165) is 11.8 Å². The van der Waals surface area contributed by atoms with E-state index >= 15 is 0 Å². The number of fused-ring (bicyclic) bond motifs is 6. The molecule has 8 aromatic carbocycles. The van der Waals surface area contributed by atoms with Crippen LogP contribution in [0.2, 0.25) is 8.35 Å². The molecule has 5 aliphatic rings. The van der Waals surface area contributed by atoms with Crippen LogP contribution in [0.25, 0.3) is 77.5 Å². The summed E-state index contributed by atoms with van der Waals surface area (Å²) in [6, 6.07) is 56.4. The number of benzene rings is 8. The molecule has 61 heavy (non-hydrogen) atoms. The fourth-order valence-corrected chi connectivity index (χ4v) is 41.5. The first kappa shape index (κ1) is 39.6. The molecule has 3 fully saturated rings. The van der Waals surface area contributed by atoms with Gasteiger partial charge in [0.15, 0.2) is 0 Å². The van der Waals surface area contributed by atoms with Crippen molar-refractivity contribution in [2.45, 2.75) is 67.1 Å². The summed E-state index contributed by atoms with van der Waals surface area (Å²) in [6.45, 7) is 0. The van der Waals surface area contributed by atoms with Crippen molar-refractivity contribution in [3.63, 3.8) is 0 Å². The third kappa shape index (κ3) is 6.08. The van der Waals surface area contributed by atoms with Crippen LogP contribution in [0.1, 0.15) is 81.0 Å². The van der Waals surface area contributed by atoms with E-state index in [2.05, 4.69) is 158 Å². The zero-order chi connectivity index (χ0) is 38.7. The fourth-order valence-electron chi connectivity index (χ4n) is 13.3. The largest absolute Gasteiger partial charge is 1.00 e. The third-order valence-electron chi connectivity index (χ3n) is 15.9. The van der Waals surface area contributed by atoms with Crippen molar-refractivity contribution in [3.8, 4) is 22.3 Å². The van der Waals surface area contributed by atoms with Gasteiger partial charge in [-0.05, 0) is 0 Å². The number of hydrogen-bond donors (Lipinski definition) is 0. The molecular formula is C58H50Cl2Hf. The average Bonchev–Trinajstić information content (AvgIpc) is 3.82. The predicted octanol–water partition coefficient (Wildman–Crippen LogP) is 10.6. The number of halogens is 2. The van der Waals surface area contributed by atoms with Gasteiger partial charge in [-0.15, -0.1) is 0 Å². The molecule has 13 rings (SSSR count). The van der Waals surface area contributed by atoms with Crippen molar-refractivity contribution in [1.29, 1.82) is 0 Å². The average molecular weight is 996 g/mol. The van der Waals surface area contributed by atoms with Gasteiger partial charge in [-0.3, -0.25) is 0 Å². The number of rotatable bonds is 6. The Kier molecular flexibility index (Phi) is 10.1. The second kappa shape index (κ2) is 15.5. The summed E-state index contributed by atoms with van der Waals surface area (Å²) in [6.07, 6.45) is 16.7. The molecule has 300 valence electrons. The van der Waals surface area contributed by atoms with Gasteiger partial charge in [0.25, 0.3) is 0 Å². The summed E-state index contributed by atoms with van der Waals surface area (Å²) in [5, 5.41) is 10.9. The van der Waals surface area contributed by atoms with E-state index in [-0.39, 0.29) is 24.8 Å². The Labute approximate surface area is 377 Å². The van der Waals surface area contributed by atoms with Crippen molar-refractivity contribution in [3.05, 3.63) is 179 Å². The molecule has 1 saturated heterocycles. The van der Waals surface area contributed by atoms with Gasteiger partial charge in [-0.1, -0.05) is 0 Å². The molecule has 8 aromatic rings. The molecule has 0 radical (unpaired) electrons. The van der Waals surface area contributed by atoms with Crippen LogP contribution in [-0.2, 0) is 20.0 Å². The third-order valence-corrected chi connectivity index (χ3v) is 34.7. The topological polar surface area (TPSA) is 0 Å². The summed E-state index contributed by atoms with van der Waals surface area (Å²) in [5.74, 6) is 1.46. The molecule has 1 aliphatic heterocycles. The minimum absolute atomic E-state index is 0. The first-order valence-corrected chi connectivity index (χ1v) is 32.0. The zero-order valence-electron chi connectivity index (χ0n) is 34.6. The molecule has 0 N–H and O–H groups in total. The van der Waals surface area contributed by atoms with Crippen molar-refractivity contribution in [2.24, 2.45) is 11.8 Å². The van der Waals surface area contributed by atoms with Crippen molar-refractivity contribution >= 4 is 55.2 Å². The fraction of sp³-hybridized carbons (Fsp3) is 0.241. The van der Waals surface area contributed by atoms with Gasteiger partial charge in [0.05, 0.1) is 0 Å². The van der Waals surface area contributed by atoms with Gasteiger partial charge >= 0.3 is 355 Å². The Morgan fingerprint density at radius 2 is 0.721 bits per heavy atom. The van der Waals surface area contributed by atoms with Crippen LogP contribution < -0.4 is 24.8 Å². The summed E-state index contributed by atoms with van der Waals surface area (Å²) in [7, 11) is 0. The van der Waals surface area contributed by atoms with Gasteiger partial charge in [0.1, 0.15) is 0 Å². The van der Waals surface area contributed by atoms with Gasteiger partial charge in [-0.2, -0.15) is 0 Å². The minimum Gasteiger partial charge on any atom is -1.00 e. The van der Waals surface area contributed by atoms with Crippen LogP contribution in [0.5, 0.6) is 0 Å². The second-order valence-electron chi connectivity index (χ2n) is 18.9. The van der Waals surface area contributed by atoms with Crippen molar-refractivity contribution in [1.82, 2.24) is 0 Å². The molecule has 4 aliphatic carbocycles. The zero-order valence-corrected chi connectivity index (χ0v) is 39.8. The quantitative estimate of drug-likeness (QED) is 0.115. The molecule has 1 heterocycles. The van der Waals surface area contributed by atoms with Gasteiger partial charge in [0.2, 0.25) is 0 Å². The van der Waals surface area contributed by atoms with E-state index in [1.54, 1.807) is 22.3 Å². The normalized spacial score (nSPS) is 19.9. The van der Waals surface area contributed by atoms with E-state index < -0.39 is 20.0 Å². The summed E-state index contributed by atoms with van der Waals surface area (Å²) >= 11 is -3.24. The van der Waals surface area contributed by atoms with E-state index in [9.17, 15) is 0 Å². The first-order valence-electron chi connectivity index (χ1n) is 22.8. The molecule has 2 unspecified atom stereocenters. The van der Waals surface area contributed by atoms with E-state index in [1.165, 1.54) is 125 Å². The van der Waals surface area contributed by atoms with E-state index in [1.807, 2.05) is 11.1 Å². The smallest absolute Gasteiger partial charge is 1.00 e. The maximum Gasteiger partial charge on any atom is -1.00 e. The SMILES string of the molecule is C1=C(C2CCCC2)[CH]([Hf+2]2([CH]3C(C4CCCC4)=Cc4c(-c5c6ccccc6cc6ccccc56)cccc43)[CH2][CH2]2)c2cccc(-c3c4ccccc4cc4ccccc34)c21.[Cl-].[Cl-]. The molecule has 2 atom stereocenters. The molecule has 0 spiro atoms. The van der Waals surface area contributed by atoms with Crippen LogP contribution >= 0.6 is 0 Å². The van der Waals surface area contributed by atoms with Crippen LogP contribution in [0.3, 0.4) is 0 Å². The van der Waals surface area contributed by atoms with E-state index in [0.29, 0.717) is 7.35 Å². The summed E-state index contributed by atoms with van der Waals surface area (Å²) in [4.78, 5) is 0. The Morgan fingerprint density at radius 1 is 0.377 bits per heavy atom. The monoisotopic (exact) mass is 996 g/mol. The predicted molar refractivity (Wildman–Crippen MR) is 249 cm³/mol. The Hall–Kier alpha value is -4.27. The van der Waals surface area contributed by atoms with Crippen LogP contribution in [0.15, 0.2) is 157 Å². The molecule has 0 nitrogen and oxygen atoms in total. The Bertz CT molecular complexity index is 2790. The number of hydrogen-bond acceptors (Lipinski definition) is 0. The molecule has 0 bridgehead atoms. The Balaban J connectivity index is 0.00000210. The summed E-state index contributed by atoms with van der Waals surface area (Å²) in [5.41, 5.74) is 16.1. The molecular weight excluding hydrogens is 946 g/mol. The second-order valence-corrected chi connectivity index (χ2v) is 35.5. The van der Waals surface area contributed by atoms with Gasteiger partial charge in [-0.25, -0.2) is 0 Å². The van der Waals surface area contributed by atoms with Crippen molar-refractivity contribution < 1.29 is 44.8 Å². The maximum absolute atomic E-state index is 3.24. The van der Waals surface area contributed by atoms with Crippen LogP contribution in [0, 0.1) is 11.8 Å². The molecule has 3 heteroatoms. The van der Waals surface area contributed by atoms with Gasteiger partial charge in [0, 0.05) is 0 Å². The van der Waals surface area contributed by atoms with Crippen LogP contribution in [-0.4, -0.2) is 0 Å². The molecule has 0 aromatic heterocycles. The minimum atomic E-state index is -3.24. The van der Waals surface area contributed by atoms with Gasteiger partial charge < -0.3 is 24.8 Å². The number of allylic oxidation sites excluding steroid dienone is 2. The summed E-state index contributed by atoms with van der Waals surface area (Å²) < 4.78 is 4.39. The Morgan fingerprint density at radius 3 is 1.07 bits per heavy atom. The molecule has 0 amide bonds. The first-order chi connectivity index (χ1) is 29.2. The van der Waals surface area contributed by atoms with Crippen molar-refractivity contribution in [2.75, 3.05) is 0 Å².